The van der Waals surface area contributed by atoms with E-state index in [-0.39, 0.29) is 5.91 Å². The van der Waals surface area contributed by atoms with Crippen molar-refractivity contribution in [1.82, 2.24) is 5.32 Å². The molecular weight excluding hydrogens is 274 g/mol. The predicted octanol–water partition coefficient (Wildman–Crippen LogP) is 2.67. The van der Waals surface area contributed by atoms with Crippen LogP contribution in [0.1, 0.15) is 15.9 Å². The van der Waals surface area contributed by atoms with Gasteiger partial charge in [-0.25, -0.2) is 0 Å². The van der Waals surface area contributed by atoms with Crippen molar-refractivity contribution in [2.75, 3.05) is 7.11 Å². The minimum atomic E-state index is -0.438. The maximum atomic E-state index is 11.9. The van der Waals surface area contributed by atoms with Gasteiger partial charge in [-0.15, -0.1) is 0 Å². The molecule has 1 aromatic carbocycles. The van der Waals surface area contributed by atoms with Crippen LogP contribution in [0, 0.1) is 0 Å². The Balaban J connectivity index is 2.19. The van der Waals surface area contributed by atoms with Crippen molar-refractivity contribution in [1.29, 1.82) is 0 Å². The summed E-state index contributed by atoms with van der Waals surface area (Å²) in [4.78, 5) is 23.7. The number of thiophene rings is 1. The van der Waals surface area contributed by atoms with Crippen LogP contribution in [-0.4, -0.2) is 18.9 Å². The molecular formula is C15H11NO3S. The third-order valence-corrected chi connectivity index (χ3v) is 3.80. The van der Waals surface area contributed by atoms with Crippen molar-refractivity contribution in [2.24, 2.45) is 0 Å². The van der Waals surface area contributed by atoms with Gasteiger partial charge in [-0.3, -0.25) is 14.9 Å². The topological polar surface area (TPSA) is 55.4 Å². The van der Waals surface area contributed by atoms with Gasteiger partial charge in [-0.05, 0) is 40.1 Å². The van der Waals surface area contributed by atoms with Crippen LogP contribution in [0.5, 0.6) is 0 Å². The molecule has 20 heavy (non-hydrogen) atoms. The normalized spacial score (nSPS) is 15.9. The highest BCUT2D eigenvalue weighted by atomic mass is 32.1. The highest BCUT2D eigenvalue weighted by molar-refractivity contribution is 7.08. The molecule has 2 aromatic rings. The molecule has 1 aromatic heterocycles. The van der Waals surface area contributed by atoms with E-state index in [0.717, 1.165) is 11.1 Å². The molecule has 0 saturated heterocycles. The Labute approximate surface area is 119 Å². The summed E-state index contributed by atoms with van der Waals surface area (Å²) in [5.41, 5.74) is 3.47. The first-order chi connectivity index (χ1) is 9.70. The van der Waals surface area contributed by atoms with Gasteiger partial charge in [0.1, 0.15) is 0 Å². The first-order valence-corrected chi connectivity index (χ1v) is 6.90. The lowest BCUT2D eigenvalue weighted by Crippen LogP contribution is -2.36. The Morgan fingerprint density at radius 1 is 1.10 bits per heavy atom. The van der Waals surface area contributed by atoms with Crippen molar-refractivity contribution in [2.45, 2.75) is 0 Å². The highest BCUT2D eigenvalue weighted by Crippen LogP contribution is 2.30. The second-order valence-corrected chi connectivity index (χ2v) is 5.10. The SMILES string of the molecule is COC=C1C(=O)NC(=O)c2ccc(-c3ccsc3)cc21. The van der Waals surface area contributed by atoms with Crippen LogP contribution in [0.4, 0.5) is 0 Å². The third kappa shape index (κ3) is 2.02. The molecule has 1 N–H and O–H groups in total. The van der Waals surface area contributed by atoms with Gasteiger partial charge in [-0.1, -0.05) is 6.07 Å². The number of amides is 2. The molecule has 2 heterocycles. The average molecular weight is 285 g/mol. The van der Waals surface area contributed by atoms with Crippen LogP contribution < -0.4 is 5.32 Å². The van der Waals surface area contributed by atoms with Crippen molar-refractivity contribution < 1.29 is 14.3 Å². The molecule has 2 amide bonds. The summed E-state index contributed by atoms with van der Waals surface area (Å²) < 4.78 is 4.94. The maximum Gasteiger partial charge on any atom is 0.261 e. The molecule has 0 fully saturated rings. The Bertz CT molecular complexity index is 717. The molecule has 1 aliphatic heterocycles. The molecule has 0 atom stereocenters. The average Bonchev–Trinajstić information content (AvgIpc) is 2.97. The molecule has 100 valence electrons. The summed E-state index contributed by atoms with van der Waals surface area (Å²) in [5.74, 6) is -0.818. The smallest absolute Gasteiger partial charge is 0.261 e. The minimum Gasteiger partial charge on any atom is -0.504 e. The van der Waals surface area contributed by atoms with E-state index in [1.807, 2.05) is 29.0 Å². The highest BCUT2D eigenvalue weighted by Gasteiger charge is 2.27. The summed E-state index contributed by atoms with van der Waals surface area (Å²) in [6, 6.07) is 7.45. The largest absolute Gasteiger partial charge is 0.504 e. The number of imide groups is 1. The van der Waals surface area contributed by atoms with Crippen molar-refractivity contribution >= 4 is 28.7 Å². The van der Waals surface area contributed by atoms with Gasteiger partial charge in [0.25, 0.3) is 11.8 Å². The molecule has 0 unspecified atom stereocenters. The number of benzene rings is 1. The van der Waals surface area contributed by atoms with Crippen LogP contribution in [0.15, 0.2) is 41.3 Å². The Morgan fingerprint density at radius 2 is 1.95 bits per heavy atom. The van der Waals surface area contributed by atoms with Gasteiger partial charge >= 0.3 is 0 Å². The number of ether oxygens (including phenoxy) is 1. The van der Waals surface area contributed by atoms with E-state index in [2.05, 4.69) is 5.32 Å². The number of nitrogens with one attached hydrogen (secondary N) is 1. The Morgan fingerprint density at radius 3 is 2.65 bits per heavy atom. The zero-order valence-electron chi connectivity index (χ0n) is 10.7. The number of methoxy groups -OCH3 is 1. The summed E-state index contributed by atoms with van der Waals surface area (Å²) >= 11 is 1.60. The van der Waals surface area contributed by atoms with Gasteiger partial charge in [0.15, 0.2) is 0 Å². The molecule has 4 nitrogen and oxygen atoms in total. The summed E-state index contributed by atoms with van der Waals surface area (Å²) in [6.07, 6.45) is 1.36. The van der Waals surface area contributed by atoms with E-state index < -0.39 is 5.91 Å². The zero-order valence-corrected chi connectivity index (χ0v) is 11.5. The van der Waals surface area contributed by atoms with Gasteiger partial charge in [0.2, 0.25) is 0 Å². The van der Waals surface area contributed by atoms with E-state index in [1.54, 1.807) is 17.4 Å². The quantitative estimate of drug-likeness (QED) is 0.524. The third-order valence-electron chi connectivity index (χ3n) is 3.12. The molecule has 0 radical (unpaired) electrons. The fourth-order valence-corrected chi connectivity index (χ4v) is 2.83. The van der Waals surface area contributed by atoms with Crippen molar-refractivity contribution in [3.63, 3.8) is 0 Å². The van der Waals surface area contributed by atoms with E-state index in [4.69, 9.17) is 4.74 Å². The monoisotopic (exact) mass is 285 g/mol. The van der Waals surface area contributed by atoms with Gasteiger partial charge in [0, 0.05) is 11.1 Å². The maximum absolute atomic E-state index is 11.9. The molecule has 0 saturated carbocycles. The summed E-state index contributed by atoms with van der Waals surface area (Å²) in [6.45, 7) is 0. The lowest BCUT2D eigenvalue weighted by molar-refractivity contribution is -0.114. The van der Waals surface area contributed by atoms with Crippen LogP contribution in [0.3, 0.4) is 0 Å². The van der Waals surface area contributed by atoms with Gasteiger partial charge in [-0.2, -0.15) is 11.3 Å². The fraction of sp³-hybridized carbons (Fsp3) is 0.0667. The van der Waals surface area contributed by atoms with E-state index in [1.165, 1.54) is 13.4 Å². The van der Waals surface area contributed by atoms with Crippen LogP contribution >= 0.6 is 11.3 Å². The lowest BCUT2D eigenvalue weighted by atomic mass is 9.92. The van der Waals surface area contributed by atoms with E-state index in [0.29, 0.717) is 16.7 Å². The second-order valence-electron chi connectivity index (χ2n) is 4.32. The van der Waals surface area contributed by atoms with Crippen LogP contribution in [0.2, 0.25) is 0 Å². The number of rotatable bonds is 2. The Hall–Kier alpha value is -2.40. The second kappa shape index (κ2) is 4.94. The van der Waals surface area contributed by atoms with Gasteiger partial charge in [0.05, 0.1) is 18.9 Å². The predicted molar refractivity (Wildman–Crippen MR) is 77.2 cm³/mol. The molecule has 3 rings (SSSR count). The first kappa shape index (κ1) is 12.6. The fourth-order valence-electron chi connectivity index (χ4n) is 2.17. The number of hydrogen-bond acceptors (Lipinski definition) is 4. The zero-order chi connectivity index (χ0) is 14.1. The molecule has 0 bridgehead atoms. The standard InChI is InChI=1S/C15H11NO3S/c1-19-7-13-12-6-9(10-4-5-20-8-10)2-3-11(12)14(17)16-15(13)18/h2-8H,1H3,(H,16,17,18). The van der Waals surface area contributed by atoms with E-state index >= 15 is 0 Å². The van der Waals surface area contributed by atoms with Crippen LogP contribution in [0.25, 0.3) is 16.7 Å². The number of hydrogen-bond donors (Lipinski definition) is 1. The molecule has 1 aliphatic rings. The van der Waals surface area contributed by atoms with Crippen molar-refractivity contribution in [3.8, 4) is 11.1 Å². The molecule has 0 spiro atoms. The number of fused-ring (bicyclic) bond motifs is 1. The van der Waals surface area contributed by atoms with Crippen LogP contribution in [-0.2, 0) is 9.53 Å². The summed E-state index contributed by atoms with van der Waals surface area (Å²) in [7, 11) is 1.47. The lowest BCUT2D eigenvalue weighted by Gasteiger charge is -2.18. The number of carbonyl (C=O) groups is 2. The number of carbonyl (C=O) groups excluding carboxylic acids is 2. The van der Waals surface area contributed by atoms with Crippen molar-refractivity contribution in [3.05, 3.63) is 52.4 Å². The molecule has 0 aliphatic carbocycles. The first-order valence-electron chi connectivity index (χ1n) is 5.96. The molecule has 5 heteroatoms. The minimum absolute atomic E-state index is 0.360. The van der Waals surface area contributed by atoms with E-state index in [9.17, 15) is 9.59 Å². The summed E-state index contributed by atoms with van der Waals surface area (Å²) in [5, 5.41) is 6.31. The van der Waals surface area contributed by atoms with Gasteiger partial charge < -0.3 is 4.74 Å². The Kier molecular flexibility index (Phi) is 3.12.